The van der Waals surface area contributed by atoms with Gasteiger partial charge in [-0.2, -0.15) is 0 Å². The van der Waals surface area contributed by atoms with Gasteiger partial charge in [0, 0.05) is 24.7 Å². The van der Waals surface area contributed by atoms with E-state index < -0.39 is 0 Å². The smallest absolute Gasteiger partial charge is 0.254 e. The van der Waals surface area contributed by atoms with Gasteiger partial charge in [-0.05, 0) is 80.9 Å². The normalized spacial score (nSPS) is 26.1. The molecule has 1 N–H and O–H groups in total. The molecule has 1 heterocycles. The second-order valence-electron chi connectivity index (χ2n) is 9.22. The summed E-state index contributed by atoms with van der Waals surface area (Å²) < 4.78 is 14.0. The molecule has 0 unspecified atom stereocenters. The lowest BCUT2D eigenvalue weighted by molar-refractivity contribution is 0.00940. The summed E-state index contributed by atoms with van der Waals surface area (Å²) >= 11 is 0. The average Bonchev–Trinajstić information content (AvgIpc) is 3.12. The summed E-state index contributed by atoms with van der Waals surface area (Å²) in [6, 6.07) is 13.1. The van der Waals surface area contributed by atoms with Crippen LogP contribution in [0.25, 0.3) is 0 Å². The van der Waals surface area contributed by atoms with Crippen LogP contribution in [-0.4, -0.2) is 60.1 Å². The van der Waals surface area contributed by atoms with Crippen molar-refractivity contribution in [2.75, 3.05) is 27.2 Å². The van der Waals surface area contributed by atoms with E-state index in [9.17, 15) is 14.3 Å². The first-order valence-electron chi connectivity index (χ1n) is 10.8. The van der Waals surface area contributed by atoms with Crippen LogP contribution < -0.4 is 0 Å². The number of carbonyl (C=O) groups excluding carboxylic acids is 1. The minimum absolute atomic E-state index is 0.0449. The molecule has 4 atom stereocenters. The Morgan fingerprint density at radius 2 is 1.83 bits per heavy atom. The number of fused-ring (bicyclic) bond motifs is 1. The Kier molecular flexibility index (Phi) is 5.94. The van der Waals surface area contributed by atoms with Gasteiger partial charge in [0.2, 0.25) is 0 Å². The zero-order chi connectivity index (χ0) is 21.4. The lowest BCUT2D eigenvalue weighted by Crippen LogP contribution is -2.46. The fraction of sp³-hybridized carbons (Fsp3) is 0.480. The maximum absolute atomic E-state index is 14.0. The van der Waals surface area contributed by atoms with Gasteiger partial charge < -0.3 is 14.9 Å². The molecular weight excluding hydrogens is 379 g/mol. The number of likely N-dealkylation sites (tertiary alicyclic amines) is 1. The first-order valence-corrected chi connectivity index (χ1v) is 10.8. The van der Waals surface area contributed by atoms with Gasteiger partial charge in [0.25, 0.3) is 5.91 Å². The van der Waals surface area contributed by atoms with Crippen LogP contribution in [0.5, 0.6) is 0 Å². The Labute approximate surface area is 178 Å². The highest BCUT2D eigenvalue weighted by atomic mass is 19.1. The standard InChI is InChI=1S/C25H31FN2O2/c1-16-8-9-17(11-22(16)26)10-18-6-4-5-7-21(18)25(30)28-14-19-12-23(27(2)3)24(29)13-20(19)15-28/h4-9,11,19-20,23-24,29H,10,12-15H2,1-3H3/t19-,20+,23-,24-/m1/s1. The minimum atomic E-state index is -0.333. The first-order chi connectivity index (χ1) is 14.3. The van der Waals surface area contributed by atoms with Crippen molar-refractivity contribution in [3.63, 3.8) is 0 Å². The number of nitrogens with zero attached hydrogens (tertiary/aromatic N) is 2. The third-order valence-corrected chi connectivity index (χ3v) is 6.94. The van der Waals surface area contributed by atoms with E-state index in [1.54, 1.807) is 19.1 Å². The maximum atomic E-state index is 14.0. The van der Waals surface area contributed by atoms with Crippen molar-refractivity contribution >= 4 is 5.91 Å². The molecule has 2 aliphatic rings. The SMILES string of the molecule is Cc1ccc(Cc2ccccc2C(=O)N2C[C@H]3C[C@@H](N(C)C)[C@H](O)C[C@H]3C2)cc1F. The molecule has 1 aliphatic heterocycles. The van der Waals surface area contributed by atoms with E-state index in [-0.39, 0.29) is 23.9 Å². The van der Waals surface area contributed by atoms with Gasteiger partial charge in [-0.1, -0.05) is 30.3 Å². The van der Waals surface area contributed by atoms with Crippen molar-refractivity contribution in [1.29, 1.82) is 0 Å². The maximum Gasteiger partial charge on any atom is 0.254 e. The van der Waals surface area contributed by atoms with Crippen molar-refractivity contribution in [3.05, 3.63) is 70.5 Å². The number of benzene rings is 2. The van der Waals surface area contributed by atoms with Crippen LogP contribution in [0.15, 0.2) is 42.5 Å². The summed E-state index contributed by atoms with van der Waals surface area (Å²) in [6.45, 7) is 3.20. The van der Waals surface area contributed by atoms with Crippen LogP contribution in [0.1, 0.15) is 39.9 Å². The number of rotatable bonds is 4. The lowest BCUT2D eigenvalue weighted by atomic mass is 9.77. The lowest BCUT2D eigenvalue weighted by Gasteiger charge is -2.38. The summed E-state index contributed by atoms with van der Waals surface area (Å²) in [5.41, 5.74) is 3.11. The fourth-order valence-electron chi connectivity index (χ4n) is 5.15. The number of aliphatic hydroxyl groups is 1. The topological polar surface area (TPSA) is 43.8 Å². The first kappa shape index (κ1) is 21.0. The van der Waals surface area contributed by atoms with E-state index in [2.05, 4.69) is 4.90 Å². The Balaban J connectivity index is 1.51. The molecule has 0 spiro atoms. The largest absolute Gasteiger partial charge is 0.391 e. The van der Waals surface area contributed by atoms with E-state index in [1.165, 1.54) is 0 Å². The summed E-state index contributed by atoms with van der Waals surface area (Å²) in [7, 11) is 4.02. The van der Waals surface area contributed by atoms with Crippen molar-refractivity contribution in [2.45, 2.75) is 38.3 Å². The molecule has 4 rings (SSSR count). The molecule has 4 nitrogen and oxygen atoms in total. The number of aliphatic hydroxyl groups excluding tert-OH is 1. The third-order valence-electron chi connectivity index (χ3n) is 6.94. The van der Waals surface area contributed by atoms with Gasteiger partial charge in [0.05, 0.1) is 6.10 Å². The highest BCUT2D eigenvalue weighted by Crippen LogP contribution is 2.38. The Morgan fingerprint density at radius 3 is 2.53 bits per heavy atom. The highest BCUT2D eigenvalue weighted by molar-refractivity contribution is 5.96. The third kappa shape index (κ3) is 4.14. The van der Waals surface area contributed by atoms with Gasteiger partial charge in [-0.15, -0.1) is 0 Å². The van der Waals surface area contributed by atoms with E-state index in [1.807, 2.05) is 49.3 Å². The number of halogens is 1. The van der Waals surface area contributed by atoms with Crippen molar-refractivity contribution < 1.29 is 14.3 Å². The molecule has 2 aromatic rings. The Morgan fingerprint density at radius 1 is 1.13 bits per heavy atom. The molecule has 0 aromatic heterocycles. The summed E-state index contributed by atoms with van der Waals surface area (Å²) in [4.78, 5) is 17.4. The number of amides is 1. The van der Waals surface area contributed by atoms with E-state index in [0.717, 1.165) is 30.5 Å². The second kappa shape index (κ2) is 8.48. The van der Waals surface area contributed by atoms with E-state index >= 15 is 0 Å². The quantitative estimate of drug-likeness (QED) is 0.839. The second-order valence-corrected chi connectivity index (χ2v) is 9.22. The highest BCUT2D eigenvalue weighted by Gasteiger charge is 2.43. The van der Waals surface area contributed by atoms with Crippen molar-refractivity contribution in [2.24, 2.45) is 11.8 Å². The van der Waals surface area contributed by atoms with Crippen molar-refractivity contribution in [3.8, 4) is 0 Å². The molecule has 160 valence electrons. The molecule has 0 bridgehead atoms. The summed E-state index contributed by atoms with van der Waals surface area (Å²) in [5.74, 6) is 0.624. The van der Waals surface area contributed by atoms with Gasteiger partial charge in [0.1, 0.15) is 5.82 Å². The molecule has 1 aliphatic carbocycles. The monoisotopic (exact) mass is 410 g/mol. The zero-order valence-corrected chi connectivity index (χ0v) is 18.0. The van der Waals surface area contributed by atoms with Crippen LogP contribution in [0.2, 0.25) is 0 Å². The van der Waals surface area contributed by atoms with Crippen LogP contribution in [0.3, 0.4) is 0 Å². The molecule has 5 heteroatoms. The molecule has 1 saturated carbocycles. The summed E-state index contributed by atoms with van der Waals surface area (Å²) in [6.07, 6.45) is 1.87. The van der Waals surface area contributed by atoms with E-state index in [0.29, 0.717) is 35.9 Å². The molecule has 30 heavy (non-hydrogen) atoms. The molecule has 1 amide bonds. The van der Waals surface area contributed by atoms with Gasteiger partial charge in [-0.3, -0.25) is 4.79 Å². The molecule has 2 fully saturated rings. The van der Waals surface area contributed by atoms with Crippen LogP contribution in [0, 0.1) is 24.6 Å². The molecular formula is C25H31FN2O2. The average molecular weight is 411 g/mol. The molecule has 2 aromatic carbocycles. The number of hydrogen-bond donors (Lipinski definition) is 1. The van der Waals surface area contributed by atoms with Crippen LogP contribution >= 0.6 is 0 Å². The van der Waals surface area contributed by atoms with Crippen LogP contribution in [0.4, 0.5) is 4.39 Å². The van der Waals surface area contributed by atoms with Gasteiger partial charge in [0.15, 0.2) is 0 Å². The predicted octanol–water partition coefficient (Wildman–Crippen LogP) is 3.50. The minimum Gasteiger partial charge on any atom is -0.391 e. The molecule has 1 saturated heterocycles. The predicted molar refractivity (Wildman–Crippen MR) is 116 cm³/mol. The fourth-order valence-corrected chi connectivity index (χ4v) is 5.15. The van der Waals surface area contributed by atoms with Gasteiger partial charge >= 0.3 is 0 Å². The molecule has 0 radical (unpaired) electrons. The number of aryl methyl sites for hydroxylation is 1. The van der Waals surface area contributed by atoms with Gasteiger partial charge in [-0.25, -0.2) is 4.39 Å². The van der Waals surface area contributed by atoms with Crippen molar-refractivity contribution in [1.82, 2.24) is 9.80 Å². The Hall–Kier alpha value is -2.24. The summed E-state index contributed by atoms with van der Waals surface area (Å²) in [5, 5.41) is 10.5. The van der Waals surface area contributed by atoms with Crippen LogP contribution in [-0.2, 0) is 6.42 Å². The number of carbonyl (C=O) groups is 1. The zero-order valence-electron chi connectivity index (χ0n) is 18.0. The number of likely N-dealkylation sites (N-methyl/N-ethyl adjacent to an activating group) is 1. The number of hydrogen-bond acceptors (Lipinski definition) is 3. The van der Waals surface area contributed by atoms with E-state index in [4.69, 9.17) is 0 Å². The Bertz CT molecular complexity index is 929.